The van der Waals surface area contributed by atoms with Crippen LogP contribution in [0.2, 0.25) is 0 Å². The van der Waals surface area contributed by atoms with E-state index in [2.05, 4.69) is 16.7 Å². The summed E-state index contributed by atoms with van der Waals surface area (Å²) in [6.45, 7) is 0.282. The van der Waals surface area contributed by atoms with E-state index in [1.165, 1.54) is 11.3 Å². The van der Waals surface area contributed by atoms with Crippen LogP contribution >= 0.6 is 11.3 Å². The summed E-state index contributed by atoms with van der Waals surface area (Å²) >= 11 is 1.37. The number of amides is 2. The third kappa shape index (κ3) is 4.30. The van der Waals surface area contributed by atoms with Gasteiger partial charge in [-0.05, 0) is 24.3 Å². The maximum atomic E-state index is 11.9. The number of carbonyl (C=O) groups is 2. The Kier molecular flexibility index (Phi) is 5.34. The average molecular weight is 305 g/mol. The molecule has 0 spiro atoms. The van der Waals surface area contributed by atoms with Gasteiger partial charge in [-0.25, -0.2) is 0 Å². The molecule has 1 heterocycles. The SMILES string of the molecule is N#CC1(NC(=O)CCNC(=O)c2cccs2)CCCCC1. The molecule has 2 amide bonds. The highest BCUT2D eigenvalue weighted by Gasteiger charge is 2.33. The van der Waals surface area contributed by atoms with Gasteiger partial charge in [-0.3, -0.25) is 9.59 Å². The normalized spacial score (nSPS) is 16.7. The minimum atomic E-state index is -0.701. The standard InChI is InChI=1S/C15H19N3O2S/c16-11-15(7-2-1-3-8-15)18-13(19)6-9-17-14(20)12-5-4-10-21-12/h4-5,10H,1-3,6-9H2,(H,17,20)(H,18,19). The van der Waals surface area contributed by atoms with Crippen molar-refractivity contribution in [3.8, 4) is 6.07 Å². The average Bonchev–Trinajstić information content (AvgIpc) is 3.02. The Morgan fingerprint density at radius 2 is 2.10 bits per heavy atom. The molecule has 0 saturated heterocycles. The zero-order valence-electron chi connectivity index (χ0n) is 11.9. The molecule has 1 aromatic heterocycles. The molecule has 21 heavy (non-hydrogen) atoms. The van der Waals surface area contributed by atoms with Crippen LogP contribution in [0.15, 0.2) is 17.5 Å². The molecule has 1 fully saturated rings. The summed E-state index contributed by atoms with van der Waals surface area (Å²) in [7, 11) is 0. The summed E-state index contributed by atoms with van der Waals surface area (Å²) in [6, 6.07) is 5.81. The van der Waals surface area contributed by atoms with Crippen LogP contribution < -0.4 is 10.6 Å². The molecule has 1 aliphatic carbocycles. The Morgan fingerprint density at radius 3 is 2.71 bits per heavy atom. The van der Waals surface area contributed by atoms with E-state index in [1.807, 2.05) is 11.4 Å². The lowest BCUT2D eigenvalue weighted by molar-refractivity contribution is -0.122. The smallest absolute Gasteiger partial charge is 0.261 e. The molecule has 1 aliphatic rings. The molecule has 0 aromatic carbocycles. The maximum absolute atomic E-state index is 11.9. The van der Waals surface area contributed by atoms with Crippen molar-refractivity contribution in [2.75, 3.05) is 6.54 Å². The first-order valence-electron chi connectivity index (χ1n) is 7.19. The van der Waals surface area contributed by atoms with Gasteiger partial charge in [-0.15, -0.1) is 11.3 Å². The molecule has 1 saturated carbocycles. The van der Waals surface area contributed by atoms with Crippen molar-refractivity contribution in [1.29, 1.82) is 5.26 Å². The summed E-state index contributed by atoms with van der Waals surface area (Å²) in [5.41, 5.74) is -0.701. The molecule has 1 aromatic rings. The van der Waals surface area contributed by atoms with E-state index >= 15 is 0 Å². The molecule has 0 unspecified atom stereocenters. The summed E-state index contributed by atoms with van der Waals surface area (Å²) < 4.78 is 0. The van der Waals surface area contributed by atoms with Crippen molar-refractivity contribution < 1.29 is 9.59 Å². The Hall–Kier alpha value is -1.87. The second-order valence-electron chi connectivity index (χ2n) is 5.29. The molecule has 0 radical (unpaired) electrons. The van der Waals surface area contributed by atoms with E-state index in [0.717, 1.165) is 32.1 Å². The van der Waals surface area contributed by atoms with Crippen LogP contribution in [0.25, 0.3) is 0 Å². The van der Waals surface area contributed by atoms with Crippen molar-refractivity contribution >= 4 is 23.2 Å². The number of hydrogen-bond acceptors (Lipinski definition) is 4. The molecule has 2 N–H and O–H groups in total. The molecular weight excluding hydrogens is 286 g/mol. The number of hydrogen-bond donors (Lipinski definition) is 2. The third-order valence-electron chi connectivity index (χ3n) is 3.68. The fourth-order valence-corrected chi connectivity index (χ4v) is 3.17. The Labute approximate surface area is 128 Å². The van der Waals surface area contributed by atoms with E-state index in [4.69, 9.17) is 0 Å². The van der Waals surface area contributed by atoms with Crippen LogP contribution in [0.4, 0.5) is 0 Å². The van der Waals surface area contributed by atoms with E-state index in [0.29, 0.717) is 4.88 Å². The van der Waals surface area contributed by atoms with Gasteiger partial charge in [-0.1, -0.05) is 25.3 Å². The van der Waals surface area contributed by atoms with Gasteiger partial charge in [0.2, 0.25) is 5.91 Å². The summed E-state index contributed by atoms with van der Waals surface area (Å²) in [6.07, 6.45) is 4.70. The molecule has 5 nitrogen and oxygen atoms in total. The van der Waals surface area contributed by atoms with Gasteiger partial charge in [0.05, 0.1) is 10.9 Å². The van der Waals surface area contributed by atoms with Crippen molar-refractivity contribution in [2.45, 2.75) is 44.1 Å². The highest BCUT2D eigenvalue weighted by Crippen LogP contribution is 2.27. The number of thiophene rings is 1. The fourth-order valence-electron chi connectivity index (χ4n) is 2.53. The highest BCUT2D eigenvalue weighted by atomic mass is 32.1. The maximum Gasteiger partial charge on any atom is 0.261 e. The highest BCUT2D eigenvalue weighted by molar-refractivity contribution is 7.12. The summed E-state index contributed by atoms with van der Waals surface area (Å²) in [5.74, 6) is -0.338. The van der Waals surface area contributed by atoms with Gasteiger partial charge >= 0.3 is 0 Å². The monoisotopic (exact) mass is 305 g/mol. The number of nitriles is 1. The predicted octanol–water partition coefficient (Wildman–Crippen LogP) is 2.21. The lowest BCUT2D eigenvalue weighted by atomic mass is 9.83. The van der Waals surface area contributed by atoms with E-state index in [1.54, 1.807) is 6.07 Å². The number of nitrogens with one attached hydrogen (secondary N) is 2. The van der Waals surface area contributed by atoms with Crippen molar-refractivity contribution in [3.05, 3.63) is 22.4 Å². The van der Waals surface area contributed by atoms with E-state index in [-0.39, 0.29) is 24.8 Å². The van der Waals surface area contributed by atoms with Gasteiger partial charge < -0.3 is 10.6 Å². The van der Waals surface area contributed by atoms with Crippen molar-refractivity contribution in [2.24, 2.45) is 0 Å². The number of nitrogens with zero attached hydrogens (tertiary/aromatic N) is 1. The van der Waals surface area contributed by atoms with Crippen molar-refractivity contribution in [1.82, 2.24) is 10.6 Å². The van der Waals surface area contributed by atoms with Crippen LogP contribution in [-0.4, -0.2) is 23.9 Å². The van der Waals surface area contributed by atoms with Gasteiger partial charge in [0.1, 0.15) is 5.54 Å². The number of carbonyl (C=O) groups excluding carboxylic acids is 2. The Bertz CT molecular complexity index is 528. The Balaban J connectivity index is 1.74. The van der Waals surface area contributed by atoms with Crippen LogP contribution in [0.5, 0.6) is 0 Å². The molecule has 112 valence electrons. The van der Waals surface area contributed by atoms with Gasteiger partial charge in [0.25, 0.3) is 5.91 Å². The van der Waals surface area contributed by atoms with Crippen LogP contribution in [0, 0.1) is 11.3 Å². The second kappa shape index (κ2) is 7.23. The molecule has 0 bridgehead atoms. The minimum Gasteiger partial charge on any atom is -0.351 e. The molecule has 0 aliphatic heterocycles. The van der Waals surface area contributed by atoms with Crippen LogP contribution in [-0.2, 0) is 4.79 Å². The first-order valence-corrected chi connectivity index (χ1v) is 8.07. The predicted molar refractivity (Wildman–Crippen MR) is 80.8 cm³/mol. The quantitative estimate of drug-likeness (QED) is 0.875. The fraction of sp³-hybridized carbons (Fsp3) is 0.533. The lowest BCUT2D eigenvalue weighted by Crippen LogP contribution is -2.49. The van der Waals surface area contributed by atoms with Gasteiger partial charge in [0, 0.05) is 13.0 Å². The van der Waals surface area contributed by atoms with E-state index < -0.39 is 5.54 Å². The van der Waals surface area contributed by atoms with Crippen LogP contribution in [0.1, 0.15) is 48.2 Å². The zero-order chi connectivity index (χ0) is 15.1. The Morgan fingerprint density at radius 1 is 1.33 bits per heavy atom. The topological polar surface area (TPSA) is 82.0 Å². The third-order valence-corrected chi connectivity index (χ3v) is 4.55. The number of rotatable bonds is 5. The first kappa shape index (κ1) is 15.5. The van der Waals surface area contributed by atoms with Crippen molar-refractivity contribution in [3.63, 3.8) is 0 Å². The second-order valence-corrected chi connectivity index (χ2v) is 6.23. The zero-order valence-corrected chi connectivity index (χ0v) is 12.7. The van der Waals surface area contributed by atoms with Crippen LogP contribution in [0.3, 0.4) is 0 Å². The molecular formula is C15H19N3O2S. The summed E-state index contributed by atoms with van der Waals surface area (Å²) in [4.78, 5) is 24.3. The minimum absolute atomic E-state index is 0.162. The summed E-state index contributed by atoms with van der Waals surface area (Å²) in [5, 5.41) is 16.7. The molecule has 0 atom stereocenters. The lowest BCUT2D eigenvalue weighted by Gasteiger charge is -2.31. The van der Waals surface area contributed by atoms with Gasteiger partial charge in [0.15, 0.2) is 0 Å². The van der Waals surface area contributed by atoms with E-state index in [9.17, 15) is 14.9 Å². The largest absolute Gasteiger partial charge is 0.351 e. The molecule has 6 heteroatoms. The molecule has 2 rings (SSSR count). The van der Waals surface area contributed by atoms with Gasteiger partial charge in [-0.2, -0.15) is 5.26 Å². The first-order chi connectivity index (χ1) is 10.2.